The number of rotatable bonds is 6. The van der Waals surface area contributed by atoms with Crippen molar-refractivity contribution < 1.29 is 13.9 Å². The van der Waals surface area contributed by atoms with Gasteiger partial charge in [0.2, 0.25) is 5.91 Å². The Labute approximate surface area is 137 Å². The Morgan fingerprint density at radius 2 is 2.14 bits per heavy atom. The molecule has 6 heteroatoms. The van der Waals surface area contributed by atoms with Crippen LogP contribution in [0.3, 0.4) is 0 Å². The zero-order valence-corrected chi connectivity index (χ0v) is 13.5. The number of hydrogen-bond acceptors (Lipinski definition) is 3. The van der Waals surface area contributed by atoms with Crippen molar-refractivity contribution >= 4 is 35.0 Å². The van der Waals surface area contributed by atoms with E-state index in [0.717, 1.165) is 5.56 Å². The van der Waals surface area contributed by atoms with Gasteiger partial charge in [0.05, 0.1) is 18.6 Å². The van der Waals surface area contributed by atoms with Gasteiger partial charge < -0.3 is 10.1 Å². The van der Waals surface area contributed by atoms with Crippen molar-refractivity contribution in [2.24, 2.45) is 0 Å². The minimum Gasteiger partial charge on any atom is -0.495 e. The zero-order valence-electron chi connectivity index (χ0n) is 11.9. The molecule has 0 aliphatic heterocycles. The predicted octanol–water partition coefficient (Wildman–Crippen LogP) is 4.36. The molecule has 116 valence electrons. The lowest BCUT2D eigenvalue weighted by atomic mass is 10.2. The average molecular weight is 340 g/mol. The molecule has 2 aromatic carbocycles. The van der Waals surface area contributed by atoms with Crippen LogP contribution in [-0.4, -0.2) is 18.8 Å². The molecule has 0 bridgehead atoms. The third-order valence-corrected chi connectivity index (χ3v) is 4.07. The predicted molar refractivity (Wildman–Crippen MR) is 89.2 cm³/mol. The number of anilines is 1. The lowest BCUT2D eigenvalue weighted by Gasteiger charge is -2.10. The van der Waals surface area contributed by atoms with Gasteiger partial charge >= 0.3 is 0 Å². The van der Waals surface area contributed by atoms with E-state index < -0.39 is 0 Å². The van der Waals surface area contributed by atoms with Gasteiger partial charge in [-0.15, -0.1) is 11.8 Å². The van der Waals surface area contributed by atoms with Crippen molar-refractivity contribution in [1.29, 1.82) is 0 Å². The fourth-order valence-corrected chi connectivity index (χ4v) is 2.80. The van der Waals surface area contributed by atoms with E-state index >= 15 is 0 Å². The highest BCUT2D eigenvalue weighted by atomic mass is 35.5. The molecule has 3 nitrogen and oxygen atoms in total. The SMILES string of the molecule is COc1ccc(Cl)cc1NC(=O)CSCc1cccc(F)c1. The van der Waals surface area contributed by atoms with Crippen LogP contribution in [0.1, 0.15) is 5.56 Å². The second-order valence-electron chi connectivity index (χ2n) is 4.52. The first-order valence-electron chi connectivity index (χ1n) is 6.54. The van der Waals surface area contributed by atoms with Crippen LogP contribution >= 0.6 is 23.4 Å². The minimum absolute atomic E-state index is 0.165. The number of nitrogens with one attached hydrogen (secondary N) is 1. The summed E-state index contributed by atoms with van der Waals surface area (Å²) in [6, 6.07) is 11.4. The molecule has 22 heavy (non-hydrogen) atoms. The van der Waals surface area contributed by atoms with Crippen LogP contribution in [0.5, 0.6) is 5.75 Å². The average Bonchev–Trinajstić information content (AvgIpc) is 2.47. The summed E-state index contributed by atoms with van der Waals surface area (Å²) in [5.41, 5.74) is 1.38. The standard InChI is InChI=1S/C16H15ClFNO2S/c1-21-15-6-5-12(17)8-14(15)19-16(20)10-22-9-11-3-2-4-13(18)7-11/h2-8H,9-10H2,1H3,(H,19,20). The number of carbonyl (C=O) groups excluding carboxylic acids is 1. The Hall–Kier alpha value is -1.72. The van der Waals surface area contributed by atoms with E-state index in [4.69, 9.17) is 16.3 Å². The van der Waals surface area contributed by atoms with Crippen LogP contribution < -0.4 is 10.1 Å². The molecule has 0 unspecified atom stereocenters. The first kappa shape index (κ1) is 16.6. The lowest BCUT2D eigenvalue weighted by molar-refractivity contribution is -0.113. The van der Waals surface area contributed by atoms with Crippen LogP contribution in [-0.2, 0) is 10.5 Å². The molecule has 1 N–H and O–H groups in total. The van der Waals surface area contributed by atoms with Crippen LogP contribution in [0.2, 0.25) is 5.02 Å². The van der Waals surface area contributed by atoms with Gasteiger partial charge in [-0.2, -0.15) is 0 Å². The maximum absolute atomic E-state index is 13.0. The summed E-state index contributed by atoms with van der Waals surface area (Å²) in [6.07, 6.45) is 0. The maximum atomic E-state index is 13.0. The number of hydrogen-bond donors (Lipinski definition) is 1. The number of carbonyl (C=O) groups is 1. The van der Waals surface area contributed by atoms with E-state index in [1.54, 1.807) is 24.3 Å². The Kier molecular flexibility index (Phi) is 6.10. The van der Waals surface area contributed by atoms with Crippen LogP contribution in [0, 0.1) is 5.82 Å². The molecular weight excluding hydrogens is 325 g/mol. The summed E-state index contributed by atoms with van der Waals surface area (Å²) in [7, 11) is 1.53. The Morgan fingerprint density at radius 1 is 1.32 bits per heavy atom. The monoisotopic (exact) mass is 339 g/mol. The molecular formula is C16H15ClFNO2S. The quantitative estimate of drug-likeness (QED) is 0.849. The van der Waals surface area contributed by atoms with E-state index in [2.05, 4.69) is 5.32 Å². The molecule has 0 aromatic heterocycles. The summed E-state index contributed by atoms with van der Waals surface area (Å²) in [4.78, 5) is 11.9. The molecule has 0 aliphatic carbocycles. The van der Waals surface area contributed by atoms with Gasteiger partial charge in [0.15, 0.2) is 0 Å². The smallest absolute Gasteiger partial charge is 0.234 e. The number of amides is 1. The number of ether oxygens (including phenoxy) is 1. The maximum Gasteiger partial charge on any atom is 0.234 e. The normalized spacial score (nSPS) is 10.3. The molecule has 0 radical (unpaired) electrons. The first-order chi connectivity index (χ1) is 10.6. The molecule has 0 aliphatic rings. The number of halogens is 2. The highest BCUT2D eigenvalue weighted by Crippen LogP contribution is 2.27. The second kappa shape index (κ2) is 8.06. The van der Waals surface area contributed by atoms with E-state index in [1.807, 2.05) is 6.07 Å². The van der Waals surface area contributed by atoms with Crippen molar-refractivity contribution in [3.63, 3.8) is 0 Å². The molecule has 0 fully saturated rings. The van der Waals surface area contributed by atoms with Gasteiger partial charge in [0.25, 0.3) is 0 Å². The fourth-order valence-electron chi connectivity index (χ4n) is 1.85. The van der Waals surface area contributed by atoms with E-state index in [0.29, 0.717) is 22.2 Å². The number of benzene rings is 2. The van der Waals surface area contributed by atoms with Gasteiger partial charge in [-0.25, -0.2) is 4.39 Å². The highest BCUT2D eigenvalue weighted by Gasteiger charge is 2.08. The number of thioether (sulfide) groups is 1. The zero-order chi connectivity index (χ0) is 15.9. The van der Waals surface area contributed by atoms with Crippen molar-refractivity contribution in [3.8, 4) is 5.75 Å². The fraction of sp³-hybridized carbons (Fsp3) is 0.188. The van der Waals surface area contributed by atoms with Crippen molar-refractivity contribution in [3.05, 3.63) is 58.9 Å². The molecule has 0 spiro atoms. The molecule has 0 saturated heterocycles. The molecule has 2 aromatic rings. The summed E-state index contributed by atoms with van der Waals surface area (Å²) in [6.45, 7) is 0. The highest BCUT2D eigenvalue weighted by molar-refractivity contribution is 7.99. The third kappa shape index (κ3) is 4.93. The lowest BCUT2D eigenvalue weighted by Crippen LogP contribution is -2.14. The summed E-state index contributed by atoms with van der Waals surface area (Å²) in [5.74, 6) is 0.936. The first-order valence-corrected chi connectivity index (χ1v) is 8.07. The van der Waals surface area contributed by atoms with Gasteiger partial charge in [-0.1, -0.05) is 23.7 Å². The van der Waals surface area contributed by atoms with E-state index in [1.165, 1.54) is 31.0 Å². The molecule has 2 rings (SSSR count). The molecule has 0 atom stereocenters. The summed E-state index contributed by atoms with van der Waals surface area (Å²) >= 11 is 7.32. The van der Waals surface area contributed by atoms with Crippen molar-refractivity contribution in [2.75, 3.05) is 18.2 Å². The molecule has 0 heterocycles. The van der Waals surface area contributed by atoms with Crippen LogP contribution in [0.15, 0.2) is 42.5 Å². The summed E-state index contributed by atoms with van der Waals surface area (Å²) in [5, 5.41) is 3.27. The van der Waals surface area contributed by atoms with Crippen LogP contribution in [0.4, 0.5) is 10.1 Å². The van der Waals surface area contributed by atoms with Gasteiger partial charge in [-0.3, -0.25) is 4.79 Å². The second-order valence-corrected chi connectivity index (χ2v) is 5.94. The number of methoxy groups -OCH3 is 1. The summed E-state index contributed by atoms with van der Waals surface area (Å²) < 4.78 is 18.2. The Balaban J connectivity index is 1.87. The van der Waals surface area contributed by atoms with Crippen molar-refractivity contribution in [2.45, 2.75) is 5.75 Å². The minimum atomic E-state index is -0.272. The van der Waals surface area contributed by atoms with Gasteiger partial charge in [-0.05, 0) is 35.9 Å². The van der Waals surface area contributed by atoms with Gasteiger partial charge in [0.1, 0.15) is 11.6 Å². The topological polar surface area (TPSA) is 38.3 Å². The van der Waals surface area contributed by atoms with Crippen LogP contribution in [0.25, 0.3) is 0 Å². The Bertz CT molecular complexity index is 666. The molecule has 0 saturated carbocycles. The third-order valence-electron chi connectivity index (χ3n) is 2.83. The largest absolute Gasteiger partial charge is 0.495 e. The van der Waals surface area contributed by atoms with E-state index in [9.17, 15) is 9.18 Å². The molecule has 1 amide bonds. The Morgan fingerprint density at radius 3 is 2.86 bits per heavy atom. The van der Waals surface area contributed by atoms with Crippen molar-refractivity contribution in [1.82, 2.24) is 0 Å². The van der Waals surface area contributed by atoms with E-state index in [-0.39, 0.29) is 17.5 Å². The van der Waals surface area contributed by atoms with Gasteiger partial charge in [0, 0.05) is 10.8 Å².